The van der Waals surface area contributed by atoms with Crippen molar-refractivity contribution in [3.63, 3.8) is 0 Å². The zero-order valence-corrected chi connectivity index (χ0v) is 6.04. The van der Waals surface area contributed by atoms with Gasteiger partial charge >= 0.3 is 0 Å². The third-order valence-corrected chi connectivity index (χ3v) is 1.26. The van der Waals surface area contributed by atoms with E-state index in [0.717, 1.165) is 11.5 Å². The minimum Gasteiger partial charge on any atom is -0.396 e. The third-order valence-electron chi connectivity index (χ3n) is 1.26. The van der Waals surface area contributed by atoms with Gasteiger partial charge in [0.2, 0.25) is 0 Å². The van der Waals surface area contributed by atoms with Crippen LogP contribution in [0.25, 0.3) is 0 Å². The van der Waals surface area contributed by atoms with Gasteiger partial charge in [0, 0.05) is 20.2 Å². The molecule has 0 saturated carbocycles. The number of hydrogen-bond donors (Lipinski definition) is 2. The predicted octanol–water partition coefficient (Wildman–Crippen LogP) is 0.326. The Morgan fingerprint density at radius 1 is 1.56 bits per heavy atom. The van der Waals surface area contributed by atoms with Crippen LogP contribution in [-0.4, -0.2) is 35.6 Å². The minimum absolute atomic E-state index is 0.202. The smallest absolute Gasteiger partial charge is 0.0457 e. The summed E-state index contributed by atoms with van der Waals surface area (Å²) in [7, 11) is 1.60. The molecule has 3 heteroatoms. The highest BCUT2D eigenvalue weighted by Crippen LogP contribution is 1.99. The van der Waals surface area contributed by atoms with Gasteiger partial charge in [-0.1, -0.05) is 6.92 Å². The molecule has 56 valence electrons. The van der Waals surface area contributed by atoms with Crippen molar-refractivity contribution >= 4 is 0 Å². The summed E-state index contributed by atoms with van der Waals surface area (Å²) in [6.07, 6.45) is 0.837. The van der Waals surface area contributed by atoms with Crippen LogP contribution in [0.15, 0.2) is 0 Å². The van der Waals surface area contributed by atoms with E-state index < -0.39 is 0 Å². The average molecular weight is 133 g/mol. The molecule has 0 aliphatic rings. The molecule has 9 heavy (non-hydrogen) atoms. The van der Waals surface area contributed by atoms with Crippen molar-refractivity contribution in [2.24, 2.45) is 5.92 Å². The van der Waals surface area contributed by atoms with Crippen LogP contribution in [0.4, 0.5) is 0 Å². The van der Waals surface area contributed by atoms with Crippen molar-refractivity contribution in [2.75, 3.05) is 20.2 Å². The molecule has 0 fully saturated rings. The fourth-order valence-corrected chi connectivity index (χ4v) is 0.499. The monoisotopic (exact) mass is 133 g/mol. The van der Waals surface area contributed by atoms with E-state index in [1.54, 1.807) is 7.05 Å². The lowest BCUT2D eigenvalue weighted by atomic mass is 10.1. The van der Waals surface area contributed by atoms with Crippen LogP contribution >= 0.6 is 0 Å². The second-order valence-electron chi connectivity index (χ2n) is 2.46. The van der Waals surface area contributed by atoms with E-state index >= 15 is 0 Å². The Morgan fingerprint density at radius 3 is 2.44 bits per heavy atom. The first kappa shape index (κ1) is 8.88. The highest BCUT2D eigenvalue weighted by molar-refractivity contribution is 4.50. The summed E-state index contributed by atoms with van der Waals surface area (Å²) >= 11 is 0. The molecular weight excluding hydrogens is 118 g/mol. The van der Waals surface area contributed by atoms with E-state index in [2.05, 4.69) is 0 Å². The fraction of sp³-hybridized carbons (Fsp3) is 1.00. The number of rotatable bonds is 4. The van der Waals surface area contributed by atoms with Gasteiger partial charge < -0.3 is 10.3 Å². The average Bonchev–Trinajstić information content (AvgIpc) is 1.83. The van der Waals surface area contributed by atoms with Gasteiger partial charge in [0.1, 0.15) is 0 Å². The van der Waals surface area contributed by atoms with E-state index in [9.17, 15) is 0 Å². The van der Waals surface area contributed by atoms with Crippen LogP contribution in [0.5, 0.6) is 0 Å². The van der Waals surface area contributed by atoms with Gasteiger partial charge in [0.15, 0.2) is 0 Å². The molecule has 2 N–H and O–H groups in total. The van der Waals surface area contributed by atoms with E-state index in [4.69, 9.17) is 10.3 Å². The van der Waals surface area contributed by atoms with Crippen LogP contribution in [0.3, 0.4) is 0 Å². The molecule has 0 unspecified atom stereocenters. The first-order valence-corrected chi connectivity index (χ1v) is 3.17. The Kier molecular flexibility index (Phi) is 4.67. The van der Waals surface area contributed by atoms with Crippen LogP contribution < -0.4 is 0 Å². The first-order valence-electron chi connectivity index (χ1n) is 3.17. The fourth-order valence-electron chi connectivity index (χ4n) is 0.499. The molecule has 0 aromatic carbocycles. The van der Waals surface area contributed by atoms with E-state index in [1.165, 1.54) is 0 Å². The largest absolute Gasteiger partial charge is 0.396 e. The molecular formula is C6H15NO2. The summed E-state index contributed by atoms with van der Waals surface area (Å²) in [5.41, 5.74) is 0. The number of aliphatic hydroxyl groups excluding tert-OH is 1. The van der Waals surface area contributed by atoms with Crippen molar-refractivity contribution < 1.29 is 10.3 Å². The maximum atomic E-state index is 8.65. The highest BCUT2D eigenvalue weighted by Gasteiger charge is 1.99. The summed E-state index contributed by atoms with van der Waals surface area (Å²) in [5.74, 6) is 0.291. The molecule has 0 heterocycles. The van der Waals surface area contributed by atoms with Crippen LogP contribution in [0.1, 0.15) is 13.3 Å². The van der Waals surface area contributed by atoms with Crippen molar-refractivity contribution in [2.45, 2.75) is 13.3 Å². The van der Waals surface area contributed by atoms with Gasteiger partial charge in [-0.3, -0.25) is 0 Å². The standard InChI is InChI=1S/C6H15NO2/c1-6(5-8)3-4-7(2)9/h6,8-9H,3-5H2,1-2H3/t6-/m1/s1. The summed E-state index contributed by atoms with van der Waals surface area (Å²) in [6, 6.07) is 0. The zero-order valence-electron chi connectivity index (χ0n) is 6.04. The molecule has 0 spiro atoms. The Bertz CT molecular complexity index is 66.1. The van der Waals surface area contributed by atoms with Gasteiger partial charge in [-0.2, -0.15) is 5.06 Å². The van der Waals surface area contributed by atoms with E-state index in [0.29, 0.717) is 12.5 Å². The van der Waals surface area contributed by atoms with Gasteiger partial charge in [-0.05, 0) is 12.3 Å². The number of hydrogen-bond acceptors (Lipinski definition) is 3. The second-order valence-corrected chi connectivity index (χ2v) is 2.46. The predicted molar refractivity (Wildman–Crippen MR) is 35.3 cm³/mol. The van der Waals surface area contributed by atoms with Gasteiger partial charge in [0.25, 0.3) is 0 Å². The van der Waals surface area contributed by atoms with Crippen LogP contribution in [0.2, 0.25) is 0 Å². The lowest BCUT2D eigenvalue weighted by Gasteiger charge is -2.10. The molecule has 1 atom stereocenters. The molecule has 0 aromatic heterocycles. The van der Waals surface area contributed by atoms with E-state index in [-0.39, 0.29) is 6.61 Å². The molecule has 0 aromatic rings. The summed E-state index contributed by atoms with van der Waals surface area (Å²) in [6.45, 7) is 2.78. The lowest BCUT2D eigenvalue weighted by molar-refractivity contribution is -0.0687. The molecule has 0 amide bonds. The van der Waals surface area contributed by atoms with Crippen molar-refractivity contribution in [3.05, 3.63) is 0 Å². The number of nitrogens with zero attached hydrogens (tertiary/aromatic N) is 1. The maximum absolute atomic E-state index is 8.65. The first-order chi connectivity index (χ1) is 4.16. The van der Waals surface area contributed by atoms with Gasteiger partial charge in [-0.15, -0.1) is 0 Å². The lowest BCUT2D eigenvalue weighted by Crippen LogP contribution is -2.17. The van der Waals surface area contributed by atoms with E-state index in [1.807, 2.05) is 6.92 Å². The molecule has 0 aliphatic carbocycles. The molecule has 0 bridgehead atoms. The van der Waals surface area contributed by atoms with Crippen molar-refractivity contribution in [1.29, 1.82) is 0 Å². The molecule has 0 rings (SSSR count). The summed E-state index contributed by atoms with van der Waals surface area (Å²) < 4.78 is 0. The Morgan fingerprint density at radius 2 is 2.11 bits per heavy atom. The zero-order chi connectivity index (χ0) is 7.28. The van der Waals surface area contributed by atoms with Crippen LogP contribution in [-0.2, 0) is 0 Å². The molecule has 0 aliphatic heterocycles. The SMILES string of the molecule is C[C@@H](CO)CCN(C)O. The maximum Gasteiger partial charge on any atom is 0.0457 e. The summed E-state index contributed by atoms with van der Waals surface area (Å²) in [4.78, 5) is 0. The molecule has 0 saturated heterocycles. The Balaban J connectivity index is 3.06. The van der Waals surface area contributed by atoms with Crippen molar-refractivity contribution in [1.82, 2.24) is 5.06 Å². The molecule has 3 nitrogen and oxygen atoms in total. The van der Waals surface area contributed by atoms with Crippen LogP contribution in [0, 0.1) is 5.92 Å². The van der Waals surface area contributed by atoms with Gasteiger partial charge in [-0.25, -0.2) is 0 Å². The quantitative estimate of drug-likeness (QED) is 0.543. The van der Waals surface area contributed by atoms with Crippen molar-refractivity contribution in [3.8, 4) is 0 Å². The normalized spacial score (nSPS) is 14.3. The topological polar surface area (TPSA) is 43.7 Å². The molecule has 0 radical (unpaired) electrons. The third kappa shape index (κ3) is 5.76. The number of hydroxylamine groups is 2. The highest BCUT2D eigenvalue weighted by atomic mass is 16.5. The number of aliphatic hydroxyl groups is 1. The second kappa shape index (κ2) is 4.73. The minimum atomic E-state index is 0.202. The Hall–Kier alpha value is -0.120. The van der Waals surface area contributed by atoms with Gasteiger partial charge in [0.05, 0.1) is 0 Å². The Labute approximate surface area is 55.9 Å². The summed E-state index contributed by atoms with van der Waals surface area (Å²) in [5, 5.41) is 18.3.